The standard InChI is InChI=1S/C25H29N5O/c1-3-4-9-21(15-20-10-6-5-8-19(20)2)23-17-27-30-24(26)16-22(28-25(23)30)18-29-11-7-13-31-14-12-29/h3,5-6,8-10,15-17H,7,11-14,18,26H2,1-2H3. The van der Waals surface area contributed by atoms with Crippen molar-refractivity contribution in [2.75, 3.05) is 32.0 Å². The molecule has 1 aliphatic rings. The first-order chi connectivity index (χ1) is 15.2. The average molecular weight is 416 g/mol. The van der Waals surface area contributed by atoms with Crippen LogP contribution in [0, 0.1) is 6.92 Å². The number of nitrogens with zero attached hydrogens (tertiary/aromatic N) is 4. The van der Waals surface area contributed by atoms with Crippen LogP contribution in [0.1, 0.15) is 35.7 Å². The Kier molecular flexibility index (Phi) is 6.63. The third-order valence-electron chi connectivity index (χ3n) is 5.47. The van der Waals surface area contributed by atoms with Crippen LogP contribution < -0.4 is 5.73 Å². The molecule has 0 atom stereocenters. The highest BCUT2D eigenvalue weighted by atomic mass is 16.5. The van der Waals surface area contributed by atoms with Gasteiger partial charge in [0.15, 0.2) is 5.65 Å². The maximum absolute atomic E-state index is 6.35. The normalized spacial score (nSPS) is 15.5. The minimum absolute atomic E-state index is 0.586. The Morgan fingerprint density at radius 1 is 1.26 bits per heavy atom. The molecule has 0 radical (unpaired) electrons. The first-order valence-electron chi connectivity index (χ1n) is 10.7. The highest BCUT2D eigenvalue weighted by Crippen LogP contribution is 2.26. The quantitative estimate of drug-likeness (QED) is 0.502. The summed E-state index contributed by atoms with van der Waals surface area (Å²) in [4.78, 5) is 7.32. The van der Waals surface area contributed by atoms with E-state index in [2.05, 4.69) is 40.9 Å². The van der Waals surface area contributed by atoms with Crippen molar-refractivity contribution in [1.82, 2.24) is 19.5 Å². The maximum Gasteiger partial charge on any atom is 0.165 e. The van der Waals surface area contributed by atoms with Gasteiger partial charge in [-0.3, -0.25) is 4.90 Å². The first-order valence-corrected chi connectivity index (χ1v) is 10.7. The van der Waals surface area contributed by atoms with E-state index in [1.807, 2.05) is 43.5 Å². The Labute approximate surface area is 183 Å². The third kappa shape index (κ3) is 4.94. The lowest BCUT2D eigenvalue weighted by Crippen LogP contribution is -2.26. The Morgan fingerprint density at radius 3 is 2.97 bits per heavy atom. The van der Waals surface area contributed by atoms with Gasteiger partial charge < -0.3 is 10.5 Å². The summed E-state index contributed by atoms with van der Waals surface area (Å²) in [7, 11) is 0. The number of rotatable bonds is 5. The number of hydrogen-bond acceptors (Lipinski definition) is 5. The molecule has 1 aliphatic heterocycles. The SMILES string of the molecule is CC=C=CC(=Cc1ccccc1C)c1cnn2c(N)cc(CN3CCCOCC3)nc12. The van der Waals surface area contributed by atoms with Gasteiger partial charge in [-0.1, -0.05) is 24.3 Å². The molecule has 0 spiro atoms. The van der Waals surface area contributed by atoms with Crippen molar-refractivity contribution in [3.63, 3.8) is 0 Å². The summed E-state index contributed by atoms with van der Waals surface area (Å²) >= 11 is 0. The highest BCUT2D eigenvalue weighted by Gasteiger charge is 2.16. The second-order valence-corrected chi connectivity index (χ2v) is 7.76. The molecule has 6 heteroatoms. The number of ether oxygens (including phenoxy) is 1. The van der Waals surface area contributed by atoms with E-state index in [-0.39, 0.29) is 0 Å². The number of allylic oxidation sites excluding steroid dienone is 2. The number of nitrogens with two attached hydrogens (primary N) is 1. The van der Waals surface area contributed by atoms with Crippen LogP contribution in [0.15, 0.2) is 54.4 Å². The topological polar surface area (TPSA) is 68.7 Å². The van der Waals surface area contributed by atoms with Crippen LogP contribution >= 0.6 is 0 Å². The van der Waals surface area contributed by atoms with E-state index in [0.717, 1.165) is 67.3 Å². The summed E-state index contributed by atoms with van der Waals surface area (Å²) in [5, 5.41) is 4.51. The lowest BCUT2D eigenvalue weighted by atomic mass is 10.0. The average Bonchev–Trinajstić information content (AvgIpc) is 3.02. The zero-order chi connectivity index (χ0) is 21.6. The van der Waals surface area contributed by atoms with Crippen molar-refractivity contribution in [3.8, 4) is 0 Å². The van der Waals surface area contributed by atoms with Crippen LogP contribution in [0.4, 0.5) is 5.82 Å². The van der Waals surface area contributed by atoms with Crippen molar-refractivity contribution < 1.29 is 4.74 Å². The fraction of sp³-hybridized carbons (Fsp3) is 0.320. The Morgan fingerprint density at radius 2 is 2.13 bits per heavy atom. The summed E-state index contributed by atoms with van der Waals surface area (Å²) in [6.07, 6.45) is 8.89. The number of fused-ring (bicyclic) bond motifs is 1. The van der Waals surface area contributed by atoms with Crippen LogP contribution in [0.3, 0.4) is 0 Å². The van der Waals surface area contributed by atoms with Gasteiger partial charge in [-0.05, 0) is 55.2 Å². The molecule has 0 aliphatic carbocycles. The van der Waals surface area contributed by atoms with Gasteiger partial charge in [0.05, 0.1) is 18.5 Å². The second-order valence-electron chi connectivity index (χ2n) is 7.76. The van der Waals surface area contributed by atoms with Crippen LogP contribution in [0.5, 0.6) is 0 Å². The summed E-state index contributed by atoms with van der Waals surface area (Å²) in [6, 6.07) is 10.2. The predicted octanol–water partition coefficient (Wildman–Crippen LogP) is 4.11. The zero-order valence-corrected chi connectivity index (χ0v) is 18.2. The molecule has 3 heterocycles. The zero-order valence-electron chi connectivity index (χ0n) is 18.2. The Hall–Kier alpha value is -3.18. The van der Waals surface area contributed by atoms with E-state index < -0.39 is 0 Å². The van der Waals surface area contributed by atoms with E-state index in [1.165, 1.54) is 5.56 Å². The third-order valence-corrected chi connectivity index (χ3v) is 5.47. The summed E-state index contributed by atoms with van der Waals surface area (Å²) in [6.45, 7) is 8.30. The van der Waals surface area contributed by atoms with E-state index in [9.17, 15) is 0 Å². The minimum atomic E-state index is 0.586. The van der Waals surface area contributed by atoms with Gasteiger partial charge in [0.1, 0.15) is 5.82 Å². The van der Waals surface area contributed by atoms with Gasteiger partial charge in [0, 0.05) is 37.9 Å². The first kappa shape index (κ1) is 21.1. The molecule has 0 amide bonds. The fourth-order valence-corrected chi connectivity index (χ4v) is 3.79. The van der Waals surface area contributed by atoms with E-state index in [4.69, 9.17) is 15.5 Å². The van der Waals surface area contributed by atoms with E-state index in [1.54, 1.807) is 4.52 Å². The van der Waals surface area contributed by atoms with Crippen molar-refractivity contribution >= 4 is 23.1 Å². The molecule has 31 heavy (non-hydrogen) atoms. The number of aromatic nitrogens is 3. The molecule has 160 valence electrons. The molecular weight excluding hydrogens is 386 g/mol. The number of hydrogen-bond donors (Lipinski definition) is 1. The maximum atomic E-state index is 6.35. The molecule has 4 rings (SSSR count). The van der Waals surface area contributed by atoms with Gasteiger partial charge in [-0.25, -0.2) is 4.98 Å². The molecule has 0 unspecified atom stereocenters. The smallest absolute Gasteiger partial charge is 0.165 e. The molecule has 1 aromatic carbocycles. The van der Waals surface area contributed by atoms with Gasteiger partial charge >= 0.3 is 0 Å². The molecule has 0 bridgehead atoms. The monoisotopic (exact) mass is 415 g/mol. The number of benzene rings is 1. The van der Waals surface area contributed by atoms with Gasteiger partial charge in [0.25, 0.3) is 0 Å². The van der Waals surface area contributed by atoms with E-state index >= 15 is 0 Å². The van der Waals surface area contributed by atoms with Gasteiger partial charge in [-0.15, -0.1) is 5.73 Å². The van der Waals surface area contributed by atoms with Crippen molar-refractivity contribution in [2.45, 2.75) is 26.8 Å². The number of aryl methyl sites for hydroxylation is 1. The molecule has 1 fully saturated rings. The second kappa shape index (κ2) is 9.75. The van der Waals surface area contributed by atoms with Crippen molar-refractivity contribution in [3.05, 3.63) is 76.8 Å². The molecule has 3 aromatic rings. The van der Waals surface area contributed by atoms with Gasteiger partial charge in [-0.2, -0.15) is 9.61 Å². The number of nitrogen functional groups attached to an aromatic ring is 1. The molecule has 2 N–H and O–H groups in total. The summed E-state index contributed by atoms with van der Waals surface area (Å²) < 4.78 is 7.28. The van der Waals surface area contributed by atoms with Gasteiger partial charge in [0.2, 0.25) is 0 Å². The predicted molar refractivity (Wildman–Crippen MR) is 125 cm³/mol. The molecule has 0 saturated carbocycles. The fourth-order valence-electron chi connectivity index (χ4n) is 3.79. The molecule has 1 saturated heterocycles. The lowest BCUT2D eigenvalue weighted by Gasteiger charge is -2.18. The number of anilines is 1. The molecular formula is C25H29N5O. The largest absolute Gasteiger partial charge is 0.384 e. The summed E-state index contributed by atoms with van der Waals surface area (Å²) in [5.41, 5.74) is 15.6. The van der Waals surface area contributed by atoms with E-state index in [0.29, 0.717) is 5.82 Å². The van der Waals surface area contributed by atoms with Crippen LogP contribution in [0.25, 0.3) is 17.3 Å². The highest BCUT2D eigenvalue weighted by molar-refractivity contribution is 5.92. The van der Waals surface area contributed by atoms with Crippen molar-refractivity contribution in [2.24, 2.45) is 0 Å². The Bertz CT molecular complexity index is 1150. The molecule has 2 aromatic heterocycles. The van der Waals surface area contributed by atoms with Crippen LogP contribution in [-0.4, -0.2) is 45.8 Å². The van der Waals surface area contributed by atoms with Crippen molar-refractivity contribution in [1.29, 1.82) is 0 Å². The van der Waals surface area contributed by atoms with Crippen LogP contribution in [-0.2, 0) is 11.3 Å². The lowest BCUT2D eigenvalue weighted by molar-refractivity contribution is 0.140. The summed E-state index contributed by atoms with van der Waals surface area (Å²) in [5.74, 6) is 0.586. The molecule has 6 nitrogen and oxygen atoms in total. The minimum Gasteiger partial charge on any atom is -0.384 e. The van der Waals surface area contributed by atoms with Crippen LogP contribution in [0.2, 0.25) is 0 Å². The Balaban J connectivity index is 1.77.